The Balaban J connectivity index is 1.56. The van der Waals surface area contributed by atoms with E-state index in [1.165, 1.54) is 5.56 Å². The number of H-pyrrole nitrogens is 1. The summed E-state index contributed by atoms with van der Waals surface area (Å²) in [4.78, 5) is 34.3. The van der Waals surface area contributed by atoms with Gasteiger partial charge in [0.25, 0.3) is 5.91 Å². The standard InChI is InChI=1S/C35H43N3O4/c1-35(2,3)29-15-11-26(12-16-29)24-37(21-19-28-23-36-32-10-7-6-9-31(28)32)33(39)25-38(20-8-22-41-4)34(40)27-13-17-30(42-5)18-14-27/h6-7,9-18,23,36H,8,19-22,24-25H2,1-5H3. The molecular formula is C35H43N3O4. The average Bonchev–Trinajstić information content (AvgIpc) is 3.41. The van der Waals surface area contributed by atoms with Crippen molar-refractivity contribution >= 4 is 22.7 Å². The number of nitrogens with one attached hydrogen (secondary N) is 1. The highest BCUT2D eigenvalue weighted by molar-refractivity contribution is 5.96. The number of ether oxygens (including phenoxy) is 2. The Bertz CT molecular complexity index is 1450. The van der Waals surface area contributed by atoms with Crippen molar-refractivity contribution in [3.63, 3.8) is 0 Å². The van der Waals surface area contributed by atoms with Gasteiger partial charge >= 0.3 is 0 Å². The molecule has 0 aliphatic heterocycles. The summed E-state index contributed by atoms with van der Waals surface area (Å²) in [6, 6.07) is 23.7. The Morgan fingerprint density at radius 1 is 0.857 bits per heavy atom. The van der Waals surface area contributed by atoms with Crippen LogP contribution in [0.3, 0.4) is 0 Å². The molecule has 0 saturated heterocycles. The van der Waals surface area contributed by atoms with Crippen LogP contribution in [0.1, 0.15) is 54.2 Å². The van der Waals surface area contributed by atoms with E-state index in [2.05, 4.69) is 62.2 Å². The van der Waals surface area contributed by atoms with Gasteiger partial charge in [-0.15, -0.1) is 0 Å². The van der Waals surface area contributed by atoms with Gasteiger partial charge in [0.05, 0.1) is 7.11 Å². The molecule has 2 amide bonds. The number of hydrogen-bond acceptors (Lipinski definition) is 4. The van der Waals surface area contributed by atoms with Gasteiger partial charge < -0.3 is 24.3 Å². The van der Waals surface area contributed by atoms with Gasteiger partial charge in [0.15, 0.2) is 0 Å². The van der Waals surface area contributed by atoms with Gasteiger partial charge in [-0.2, -0.15) is 0 Å². The predicted octanol–water partition coefficient (Wildman–Crippen LogP) is 6.22. The molecule has 7 nitrogen and oxygen atoms in total. The number of aromatic nitrogens is 1. The molecule has 0 aliphatic carbocycles. The zero-order valence-corrected chi connectivity index (χ0v) is 25.5. The van der Waals surface area contributed by atoms with Crippen LogP contribution >= 0.6 is 0 Å². The van der Waals surface area contributed by atoms with E-state index in [4.69, 9.17) is 9.47 Å². The summed E-state index contributed by atoms with van der Waals surface area (Å²) in [6.45, 7) is 8.48. The zero-order chi connectivity index (χ0) is 30.1. The third kappa shape index (κ3) is 8.01. The van der Waals surface area contributed by atoms with Crippen LogP contribution in [0.4, 0.5) is 0 Å². The molecule has 0 radical (unpaired) electrons. The maximum absolute atomic E-state index is 13.9. The van der Waals surface area contributed by atoms with Crippen molar-refractivity contribution in [2.24, 2.45) is 0 Å². The second-order valence-corrected chi connectivity index (χ2v) is 11.7. The molecule has 42 heavy (non-hydrogen) atoms. The summed E-state index contributed by atoms with van der Waals surface area (Å²) in [7, 11) is 3.23. The zero-order valence-electron chi connectivity index (χ0n) is 25.5. The average molecular weight is 570 g/mol. The van der Waals surface area contributed by atoms with Crippen molar-refractivity contribution in [2.75, 3.05) is 40.5 Å². The molecule has 0 fully saturated rings. The Hall–Kier alpha value is -4.10. The van der Waals surface area contributed by atoms with E-state index in [0.717, 1.165) is 22.0 Å². The molecule has 4 rings (SSSR count). The maximum atomic E-state index is 13.9. The first-order valence-corrected chi connectivity index (χ1v) is 14.5. The number of carbonyl (C=O) groups excluding carboxylic acids is 2. The molecule has 3 aromatic carbocycles. The van der Waals surface area contributed by atoms with E-state index in [0.29, 0.717) is 50.4 Å². The quantitative estimate of drug-likeness (QED) is 0.194. The summed E-state index contributed by atoms with van der Waals surface area (Å²) in [5, 5.41) is 1.16. The van der Waals surface area contributed by atoms with E-state index in [9.17, 15) is 9.59 Å². The molecule has 0 aliphatic rings. The third-order valence-corrected chi connectivity index (χ3v) is 7.60. The predicted molar refractivity (Wildman–Crippen MR) is 168 cm³/mol. The highest BCUT2D eigenvalue weighted by atomic mass is 16.5. The number of carbonyl (C=O) groups is 2. The smallest absolute Gasteiger partial charge is 0.254 e. The van der Waals surface area contributed by atoms with Gasteiger partial charge in [-0.25, -0.2) is 0 Å². The Kier molecular flexibility index (Phi) is 10.4. The van der Waals surface area contributed by atoms with Crippen molar-refractivity contribution in [2.45, 2.75) is 45.6 Å². The topological polar surface area (TPSA) is 74.9 Å². The molecule has 4 aromatic rings. The van der Waals surface area contributed by atoms with E-state index in [1.807, 2.05) is 23.2 Å². The number of benzene rings is 3. The number of amides is 2. The summed E-state index contributed by atoms with van der Waals surface area (Å²) in [6.07, 6.45) is 3.36. The second-order valence-electron chi connectivity index (χ2n) is 11.7. The Morgan fingerprint density at radius 3 is 2.24 bits per heavy atom. The SMILES string of the molecule is COCCCN(CC(=O)N(CCc1c[nH]c2ccccc12)Cc1ccc(C(C)(C)C)cc1)C(=O)c1ccc(OC)cc1. The first kappa shape index (κ1) is 30.8. The molecular weight excluding hydrogens is 526 g/mol. The molecule has 0 atom stereocenters. The molecule has 0 bridgehead atoms. The first-order chi connectivity index (χ1) is 20.2. The molecule has 7 heteroatoms. The minimum atomic E-state index is -0.187. The van der Waals surface area contributed by atoms with Crippen LogP contribution in [0.2, 0.25) is 0 Å². The minimum Gasteiger partial charge on any atom is -0.497 e. The van der Waals surface area contributed by atoms with Crippen LogP contribution in [-0.4, -0.2) is 67.1 Å². The highest BCUT2D eigenvalue weighted by Gasteiger charge is 2.23. The van der Waals surface area contributed by atoms with E-state index in [1.54, 1.807) is 43.4 Å². The van der Waals surface area contributed by atoms with Crippen LogP contribution in [0, 0.1) is 0 Å². The largest absolute Gasteiger partial charge is 0.497 e. The van der Waals surface area contributed by atoms with Crippen molar-refractivity contribution < 1.29 is 19.1 Å². The molecule has 0 saturated carbocycles. The fraction of sp³-hybridized carbons (Fsp3) is 0.371. The summed E-state index contributed by atoms with van der Waals surface area (Å²) in [5.41, 5.74) is 5.12. The van der Waals surface area contributed by atoms with Gasteiger partial charge in [-0.3, -0.25) is 9.59 Å². The highest BCUT2D eigenvalue weighted by Crippen LogP contribution is 2.23. The van der Waals surface area contributed by atoms with Crippen LogP contribution < -0.4 is 4.74 Å². The van der Waals surface area contributed by atoms with Gasteiger partial charge in [-0.05, 0) is 65.3 Å². The van der Waals surface area contributed by atoms with Gasteiger partial charge in [0.2, 0.25) is 5.91 Å². The van der Waals surface area contributed by atoms with Gasteiger partial charge in [0, 0.05) is 56.0 Å². The lowest BCUT2D eigenvalue weighted by atomic mass is 9.87. The van der Waals surface area contributed by atoms with Crippen molar-refractivity contribution in [1.82, 2.24) is 14.8 Å². The first-order valence-electron chi connectivity index (χ1n) is 14.5. The number of fused-ring (bicyclic) bond motifs is 1. The van der Waals surface area contributed by atoms with Crippen LogP contribution in [-0.2, 0) is 27.9 Å². The lowest BCUT2D eigenvalue weighted by molar-refractivity contribution is -0.132. The Labute approximate surface area is 249 Å². The van der Waals surface area contributed by atoms with Crippen LogP contribution in [0.5, 0.6) is 5.75 Å². The summed E-state index contributed by atoms with van der Waals surface area (Å²) >= 11 is 0. The molecule has 1 heterocycles. The number of para-hydroxylation sites is 1. The summed E-state index contributed by atoms with van der Waals surface area (Å²) in [5.74, 6) is 0.400. The lowest BCUT2D eigenvalue weighted by Crippen LogP contribution is -2.44. The normalized spacial score (nSPS) is 11.5. The third-order valence-electron chi connectivity index (χ3n) is 7.60. The van der Waals surface area contributed by atoms with Crippen LogP contribution in [0.25, 0.3) is 10.9 Å². The number of nitrogens with zero attached hydrogens (tertiary/aromatic N) is 2. The molecule has 0 spiro atoms. The number of methoxy groups -OCH3 is 2. The number of hydrogen-bond donors (Lipinski definition) is 1. The number of aromatic amines is 1. The molecule has 0 unspecified atom stereocenters. The number of rotatable bonds is 13. The van der Waals surface area contributed by atoms with Crippen molar-refractivity contribution in [1.29, 1.82) is 0 Å². The molecule has 1 N–H and O–H groups in total. The fourth-order valence-electron chi connectivity index (χ4n) is 5.05. The maximum Gasteiger partial charge on any atom is 0.254 e. The lowest BCUT2D eigenvalue weighted by Gasteiger charge is -2.28. The van der Waals surface area contributed by atoms with Crippen LogP contribution in [0.15, 0.2) is 79.0 Å². The molecule has 1 aromatic heterocycles. The van der Waals surface area contributed by atoms with Crippen molar-refractivity contribution in [3.8, 4) is 5.75 Å². The van der Waals surface area contributed by atoms with Gasteiger partial charge in [0.1, 0.15) is 12.3 Å². The van der Waals surface area contributed by atoms with Crippen molar-refractivity contribution in [3.05, 3.63) is 101 Å². The van der Waals surface area contributed by atoms with E-state index in [-0.39, 0.29) is 23.8 Å². The summed E-state index contributed by atoms with van der Waals surface area (Å²) < 4.78 is 10.5. The van der Waals surface area contributed by atoms with E-state index >= 15 is 0 Å². The van der Waals surface area contributed by atoms with E-state index < -0.39 is 0 Å². The fourth-order valence-corrected chi connectivity index (χ4v) is 5.05. The monoisotopic (exact) mass is 569 g/mol. The minimum absolute atomic E-state index is 0.0114. The second kappa shape index (κ2) is 14.2. The molecule has 222 valence electrons. The van der Waals surface area contributed by atoms with Gasteiger partial charge in [-0.1, -0.05) is 63.2 Å². The Morgan fingerprint density at radius 2 is 1.57 bits per heavy atom.